The molecule has 0 amide bonds. The largest absolute Gasteiger partial charge is 0.486 e. The van der Waals surface area contributed by atoms with E-state index < -0.39 is 0 Å². The lowest BCUT2D eigenvalue weighted by atomic mass is 9.73. The van der Waals surface area contributed by atoms with Crippen LogP contribution in [0, 0.1) is 5.92 Å². The van der Waals surface area contributed by atoms with Gasteiger partial charge in [-0.05, 0) is 45.0 Å². The van der Waals surface area contributed by atoms with E-state index in [-0.39, 0.29) is 18.0 Å². The van der Waals surface area contributed by atoms with Crippen LogP contribution in [0.25, 0.3) is 0 Å². The van der Waals surface area contributed by atoms with E-state index in [9.17, 15) is 0 Å². The lowest BCUT2D eigenvalue weighted by Crippen LogP contribution is -2.48. The number of hydrogen-bond donors (Lipinski definition) is 0. The van der Waals surface area contributed by atoms with Crippen LogP contribution < -0.4 is 4.74 Å². The third-order valence-electron chi connectivity index (χ3n) is 4.51. The van der Waals surface area contributed by atoms with Crippen molar-refractivity contribution in [2.24, 2.45) is 5.92 Å². The number of rotatable bonds is 2. The highest BCUT2D eigenvalue weighted by molar-refractivity contribution is 5.85. The summed E-state index contributed by atoms with van der Waals surface area (Å²) in [6.45, 7) is 1.15. The van der Waals surface area contributed by atoms with Crippen LogP contribution in [0.3, 0.4) is 0 Å². The second kappa shape index (κ2) is 5.72. The molecule has 3 rings (SSSR count). The van der Waals surface area contributed by atoms with Crippen molar-refractivity contribution in [3.8, 4) is 5.75 Å². The van der Waals surface area contributed by atoms with E-state index in [1.807, 2.05) is 0 Å². The van der Waals surface area contributed by atoms with Gasteiger partial charge in [0, 0.05) is 18.9 Å². The van der Waals surface area contributed by atoms with Gasteiger partial charge >= 0.3 is 0 Å². The third-order valence-corrected chi connectivity index (χ3v) is 4.51. The van der Waals surface area contributed by atoms with E-state index in [1.54, 1.807) is 0 Å². The Morgan fingerprint density at radius 3 is 2.79 bits per heavy atom. The van der Waals surface area contributed by atoms with E-state index in [0.717, 1.165) is 18.7 Å². The molecule has 1 fully saturated rings. The van der Waals surface area contributed by atoms with Gasteiger partial charge in [0.15, 0.2) is 0 Å². The van der Waals surface area contributed by atoms with Gasteiger partial charge in [0.1, 0.15) is 11.4 Å². The summed E-state index contributed by atoms with van der Waals surface area (Å²) in [5.74, 6) is 1.80. The Kier molecular flexibility index (Phi) is 4.42. The molecule has 2 atom stereocenters. The molecule has 1 aliphatic carbocycles. The molecule has 106 valence electrons. The summed E-state index contributed by atoms with van der Waals surface area (Å²) < 4.78 is 6.42. The van der Waals surface area contributed by atoms with Crippen molar-refractivity contribution < 1.29 is 4.74 Å². The molecule has 1 heterocycles. The maximum atomic E-state index is 6.42. The fraction of sp³-hybridized carbons (Fsp3) is 0.625. The van der Waals surface area contributed by atoms with Gasteiger partial charge in [0.2, 0.25) is 0 Å². The standard InChI is InChI=1S/C16H23NO.ClH/c1-17(2)12-14-8-5-6-10-16(14)11-13-7-3-4-9-15(13)18-16;/h3-4,7,9,14H,5-6,8,10-12H2,1-2H3;1H/t14-,16+;/m1./s1. The quantitative estimate of drug-likeness (QED) is 0.822. The highest BCUT2D eigenvalue weighted by Gasteiger charge is 2.46. The highest BCUT2D eigenvalue weighted by atomic mass is 35.5. The van der Waals surface area contributed by atoms with Crippen molar-refractivity contribution >= 4 is 12.4 Å². The first-order chi connectivity index (χ1) is 8.70. The molecule has 0 aromatic heterocycles. The van der Waals surface area contributed by atoms with Gasteiger partial charge in [-0.25, -0.2) is 0 Å². The third kappa shape index (κ3) is 2.75. The smallest absolute Gasteiger partial charge is 0.123 e. The molecule has 1 aromatic rings. The number of ether oxygens (including phenoxy) is 1. The van der Waals surface area contributed by atoms with Crippen LogP contribution in [-0.4, -0.2) is 31.1 Å². The maximum absolute atomic E-state index is 6.42. The van der Waals surface area contributed by atoms with Gasteiger partial charge in [-0.1, -0.05) is 24.6 Å². The van der Waals surface area contributed by atoms with Gasteiger partial charge in [-0.2, -0.15) is 0 Å². The minimum Gasteiger partial charge on any atom is -0.486 e. The Hall–Kier alpha value is -0.730. The number of hydrogen-bond acceptors (Lipinski definition) is 2. The number of fused-ring (bicyclic) bond motifs is 1. The van der Waals surface area contributed by atoms with Crippen LogP contribution in [0.4, 0.5) is 0 Å². The average Bonchev–Trinajstić information content (AvgIpc) is 2.70. The van der Waals surface area contributed by atoms with Crippen LogP contribution in [-0.2, 0) is 6.42 Å². The molecule has 2 aliphatic rings. The summed E-state index contributed by atoms with van der Waals surface area (Å²) in [6.07, 6.45) is 6.33. The van der Waals surface area contributed by atoms with Crippen molar-refractivity contribution in [3.63, 3.8) is 0 Å². The second-order valence-corrected chi connectivity index (χ2v) is 6.16. The van der Waals surface area contributed by atoms with Gasteiger partial charge in [-0.15, -0.1) is 12.4 Å². The predicted octanol–water partition coefficient (Wildman–Crippen LogP) is 3.53. The van der Waals surface area contributed by atoms with Gasteiger partial charge in [0.25, 0.3) is 0 Å². The van der Waals surface area contributed by atoms with Crippen LogP contribution in [0.5, 0.6) is 5.75 Å². The zero-order valence-corrected chi connectivity index (χ0v) is 12.7. The van der Waals surface area contributed by atoms with E-state index in [4.69, 9.17) is 4.74 Å². The Bertz CT molecular complexity index is 408. The lowest BCUT2D eigenvalue weighted by Gasteiger charge is -2.41. The van der Waals surface area contributed by atoms with Crippen molar-refractivity contribution in [1.29, 1.82) is 0 Å². The molecule has 2 nitrogen and oxygen atoms in total. The Morgan fingerprint density at radius 1 is 1.26 bits per heavy atom. The summed E-state index contributed by atoms with van der Waals surface area (Å²) in [6, 6.07) is 8.57. The number of nitrogens with zero attached hydrogens (tertiary/aromatic N) is 1. The molecule has 1 spiro atoms. The minimum absolute atomic E-state index is 0. The number of halogens is 1. The summed E-state index contributed by atoms with van der Waals surface area (Å²) in [7, 11) is 4.34. The number of para-hydroxylation sites is 1. The molecule has 0 unspecified atom stereocenters. The summed E-state index contributed by atoms with van der Waals surface area (Å²) >= 11 is 0. The van der Waals surface area contributed by atoms with E-state index in [2.05, 4.69) is 43.3 Å². The monoisotopic (exact) mass is 281 g/mol. The van der Waals surface area contributed by atoms with Crippen LogP contribution in [0.2, 0.25) is 0 Å². The van der Waals surface area contributed by atoms with Gasteiger partial charge in [-0.3, -0.25) is 0 Å². The van der Waals surface area contributed by atoms with Crippen molar-refractivity contribution in [3.05, 3.63) is 29.8 Å². The summed E-state index contributed by atoms with van der Waals surface area (Å²) in [5, 5.41) is 0. The molecule has 1 aromatic carbocycles. The van der Waals surface area contributed by atoms with E-state index in [0.29, 0.717) is 5.92 Å². The molecule has 0 bridgehead atoms. The van der Waals surface area contributed by atoms with Crippen LogP contribution >= 0.6 is 12.4 Å². The fourth-order valence-corrected chi connectivity index (χ4v) is 3.67. The fourth-order valence-electron chi connectivity index (χ4n) is 3.67. The highest BCUT2D eigenvalue weighted by Crippen LogP contribution is 2.46. The Balaban J connectivity index is 0.00000133. The zero-order valence-electron chi connectivity index (χ0n) is 11.9. The van der Waals surface area contributed by atoms with Crippen molar-refractivity contribution in [2.45, 2.75) is 37.7 Å². The van der Waals surface area contributed by atoms with Gasteiger partial charge < -0.3 is 9.64 Å². The zero-order chi connectivity index (χ0) is 12.6. The first kappa shape index (κ1) is 14.7. The molecular formula is C16H24ClNO. The Labute approximate surface area is 122 Å². The predicted molar refractivity (Wildman–Crippen MR) is 81.3 cm³/mol. The molecule has 1 aliphatic heterocycles. The first-order valence-electron chi connectivity index (χ1n) is 7.11. The first-order valence-corrected chi connectivity index (χ1v) is 7.11. The second-order valence-electron chi connectivity index (χ2n) is 6.16. The van der Waals surface area contributed by atoms with E-state index >= 15 is 0 Å². The molecule has 0 radical (unpaired) electrons. The summed E-state index contributed by atoms with van der Waals surface area (Å²) in [4.78, 5) is 2.31. The SMILES string of the molecule is CN(C)C[C@H]1CCCC[C@]12Cc1ccccc1O2.Cl. The molecule has 19 heavy (non-hydrogen) atoms. The van der Waals surface area contributed by atoms with Crippen molar-refractivity contribution in [1.82, 2.24) is 4.90 Å². The topological polar surface area (TPSA) is 12.5 Å². The Morgan fingerprint density at radius 2 is 2.05 bits per heavy atom. The van der Waals surface area contributed by atoms with Crippen LogP contribution in [0.15, 0.2) is 24.3 Å². The lowest BCUT2D eigenvalue weighted by molar-refractivity contribution is -0.0150. The molecular weight excluding hydrogens is 258 g/mol. The minimum atomic E-state index is 0. The normalized spacial score (nSPS) is 28.9. The molecule has 0 saturated heterocycles. The van der Waals surface area contributed by atoms with E-state index in [1.165, 1.54) is 31.2 Å². The average molecular weight is 282 g/mol. The van der Waals surface area contributed by atoms with Crippen molar-refractivity contribution in [2.75, 3.05) is 20.6 Å². The number of benzene rings is 1. The summed E-state index contributed by atoms with van der Waals surface area (Å²) in [5.41, 5.74) is 1.50. The molecule has 0 N–H and O–H groups in total. The van der Waals surface area contributed by atoms with Crippen LogP contribution in [0.1, 0.15) is 31.2 Å². The maximum Gasteiger partial charge on any atom is 0.123 e. The van der Waals surface area contributed by atoms with Gasteiger partial charge in [0.05, 0.1) is 0 Å². The molecule has 1 saturated carbocycles. The molecule has 3 heteroatoms.